The van der Waals surface area contributed by atoms with Gasteiger partial charge in [-0.15, -0.1) is 0 Å². The maximum atomic E-state index is 14.1. The van der Waals surface area contributed by atoms with Crippen molar-refractivity contribution in [3.8, 4) is 34.7 Å². The van der Waals surface area contributed by atoms with Crippen molar-refractivity contribution < 1.29 is 17.2 Å². The fraction of sp³-hybridized carbons (Fsp3) is 0.120. The molecule has 0 aliphatic rings. The molecule has 0 fully saturated rings. The minimum atomic E-state index is -3.44. The van der Waals surface area contributed by atoms with Gasteiger partial charge in [-0.05, 0) is 60.7 Å². The Bertz CT molecular complexity index is 1630. The minimum Gasteiger partial charge on any atom is -0.399 e. The lowest BCUT2D eigenvalue weighted by Crippen LogP contribution is -2.09. The number of rotatable bonds is 4. The van der Waals surface area contributed by atoms with Crippen LogP contribution >= 0.6 is 0 Å². The van der Waals surface area contributed by atoms with E-state index in [4.69, 9.17) is 16.3 Å². The molecular weight excluding hydrogens is 486 g/mol. The molecule has 3 N–H and O–H groups in total. The number of anilines is 2. The molecule has 0 saturated heterocycles. The number of sulfonamides is 1. The first-order chi connectivity index (χ1) is 16.9. The lowest BCUT2D eigenvalue weighted by Gasteiger charge is -2.08. The number of aromatic nitrogens is 2. The zero-order valence-electron chi connectivity index (χ0n) is 19.6. The minimum absolute atomic E-state index is 0.156. The lowest BCUT2D eigenvalue weighted by molar-refractivity contribution is 0.606. The largest absolute Gasteiger partial charge is 0.399 e. The molecule has 2 heterocycles. The van der Waals surface area contributed by atoms with Crippen LogP contribution in [0.25, 0.3) is 22.5 Å². The average Bonchev–Trinajstić information content (AvgIpc) is 3.35. The zero-order valence-corrected chi connectivity index (χ0v) is 20.4. The number of nitrogens with one attached hydrogen (secondary N) is 1. The first-order valence-corrected chi connectivity index (χ1v) is 12.3. The van der Waals surface area contributed by atoms with Crippen molar-refractivity contribution in [3.63, 3.8) is 0 Å². The summed E-state index contributed by atoms with van der Waals surface area (Å²) in [6.07, 6.45) is 0.995. The van der Waals surface area contributed by atoms with Crippen LogP contribution in [-0.4, -0.2) is 23.8 Å². The fourth-order valence-corrected chi connectivity index (χ4v) is 4.08. The van der Waals surface area contributed by atoms with E-state index in [1.54, 1.807) is 59.6 Å². The Hall–Kier alpha value is -4.61. The summed E-state index contributed by atoms with van der Waals surface area (Å²) in [6.45, 7) is 0. The van der Waals surface area contributed by atoms with E-state index >= 15 is 0 Å². The predicted octanol–water partition coefficient (Wildman–Crippen LogP) is 4.36. The summed E-state index contributed by atoms with van der Waals surface area (Å²) in [5, 5.41) is 17.7. The molecule has 0 atom stereocenters. The third kappa shape index (κ3) is 5.71. The van der Waals surface area contributed by atoms with Gasteiger partial charge >= 0.3 is 0 Å². The molecule has 0 aliphatic carbocycles. The monoisotopic (exact) mass is 508 g/mol. The van der Waals surface area contributed by atoms with Crippen LogP contribution < -0.4 is 10.5 Å². The van der Waals surface area contributed by atoms with E-state index in [0.717, 1.165) is 12.3 Å². The topological polar surface area (TPSA) is 130 Å². The SMILES string of the molecule is Cn1c(C#N)ccc1-c1ccc(N)cc1F.Cn1c(C#N)ccc1-c1ccc(NS(C)(=O)=O)cc1F. The smallest absolute Gasteiger partial charge is 0.229 e. The quantitative estimate of drug-likeness (QED) is 0.396. The molecule has 11 heteroatoms. The van der Waals surface area contributed by atoms with Crippen LogP contribution in [0.1, 0.15) is 11.4 Å². The van der Waals surface area contributed by atoms with Gasteiger partial charge in [-0.3, -0.25) is 4.72 Å². The van der Waals surface area contributed by atoms with Crippen LogP contribution in [0.2, 0.25) is 0 Å². The highest BCUT2D eigenvalue weighted by Gasteiger charge is 2.13. The van der Waals surface area contributed by atoms with E-state index in [2.05, 4.69) is 4.72 Å². The molecule has 0 unspecified atom stereocenters. The molecule has 0 amide bonds. The van der Waals surface area contributed by atoms with Crippen molar-refractivity contribution in [2.75, 3.05) is 16.7 Å². The predicted molar refractivity (Wildman–Crippen MR) is 134 cm³/mol. The van der Waals surface area contributed by atoms with Crippen LogP contribution in [0.5, 0.6) is 0 Å². The third-order valence-electron chi connectivity index (χ3n) is 5.29. The Kier molecular flexibility index (Phi) is 7.47. The van der Waals surface area contributed by atoms with Crippen LogP contribution in [0.3, 0.4) is 0 Å². The molecule has 184 valence electrons. The molecule has 4 aromatic rings. The number of nitrogen functional groups attached to an aromatic ring is 1. The Morgan fingerprint density at radius 1 is 0.806 bits per heavy atom. The summed E-state index contributed by atoms with van der Waals surface area (Å²) in [5.74, 6) is -0.949. The Balaban J connectivity index is 0.000000205. The van der Waals surface area contributed by atoms with E-state index in [9.17, 15) is 17.2 Å². The van der Waals surface area contributed by atoms with Crippen LogP contribution in [0.15, 0.2) is 60.7 Å². The highest BCUT2D eigenvalue weighted by Crippen LogP contribution is 2.27. The molecule has 0 bridgehead atoms. The van der Waals surface area contributed by atoms with E-state index in [-0.39, 0.29) is 11.5 Å². The molecule has 4 rings (SSSR count). The second kappa shape index (κ2) is 10.3. The molecule has 0 aliphatic heterocycles. The summed E-state index contributed by atoms with van der Waals surface area (Å²) < 4.78 is 55.3. The molecule has 0 saturated carbocycles. The van der Waals surface area contributed by atoms with Gasteiger partial charge in [0.15, 0.2) is 0 Å². The van der Waals surface area contributed by atoms with Gasteiger partial charge in [0.25, 0.3) is 0 Å². The van der Waals surface area contributed by atoms with E-state index in [0.29, 0.717) is 39.6 Å². The van der Waals surface area contributed by atoms with Crippen molar-refractivity contribution in [1.29, 1.82) is 10.5 Å². The molecule has 2 aromatic heterocycles. The van der Waals surface area contributed by atoms with Crippen molar-refractivity contribution in [3.05, 3.63) is 83.7 Å². The number of hydrogen-bond donors (Lipinski definition) is 2. The second-order valence-electron chi connectivity index (χ2n) is 7.86. The van der Waals surface area contributed by atoms with Gasteiger partial charge in [-0.2, -0.15) is 10.5 Å². The van der Waals surface area contributed by atoms with Crippen molar-refractivity contribution in [1.82, 2.24) is 9.13 Å². The number of benzene rings is 2. The van der Waals surface area contributed by atoms with Gasteiger partial charge in [-0.25, -0.2) is 17.2 Å². The van der Waals surface area contributed by atoms with Gasteiger partial charge < -0.3 is 14.9 Å². The summed E-state index contributed by atoms with van der Waals surface area (Å²) in [4.78, 5) is 0. The first kappa shape index (κ1) is 26.0. The van der Waals surface area contributed by atoms with E-state index < -0.39 is 15.8 Å². The van der Waals surface area contributed by atoms with Gasteiger partial charge in [0, 0.05) is 30.9 Å². The molecule has 2 aromatic carbocycles. The van der Waals surface area contributed by atoms with Gasteiger partial charge in [0.2, 0.25) is 10.0 Å². The standard InChI is InChI=1S/C13H12FN3O2S.C12H10FN3/c1-17-10(8-15)4-6-13(17)11-5-3-9(7-12(11)14)16-20(2,18)19;1-16-9(7-14)3-5-12(16)10-4-2-8(15)6-11(10)13/h3-7,16H,1-2H3;2-6H,15H2,1H3. The fourth-order valence-electron chi connectivity index (χ4n) is 3.53. The normalized spacial score (nSPS) is 10.6. The molecule has 8 nitrogen and oxygen atoms in total. The van der Waals surface area contributed by atoms with Crippen LogP contribution in [0.4, 0.5) is 20.2 Å². The second-order valence-corrected chi connectivity index (χ2v) is 9.61. The highest BCUT2D eigenvalue weighted by atomic mass is 32.2. The summed E-state index contributed by atoms with van der Waals surface area (Å²) in [6, 6.07) is 19.2. The van der Waals surface area contributed by atoms with Crippen molar-refractivity contribution in [2.45, 2.75) is 0 Å². The van der Waals surface area contributed by atoms with Crippen molar-refractivity contribution in [2.24, 2.45) is 14.1 Å². The molecule has 0 radical (unpaired) electrons. The van der Waals surface area contributed by atoms with Gasteiger partial charge in [0.05, 0.1) is 23.3 Å². The zero-order chi connectivity index (χ0) is 26.6. The summed E-state index contributed by atoms with van der Waals surface area (Å²) in [5.41, 5.74) is 8.87. The molecule has 0 spiro atoms. The number of nitrogens with two attached hydrogens (primary N) is 1. The van der Waals surface area contributed by atoms with Crippen molar-refractivity contribution >= 4 is 21.4 Å². The molecule has 36 heavy (non-hydrogen) atoms. The Morgan fingerprint density at radius 2 is 1.28 bits per heavy atom. The Labute approximate surface area is 207 Å². The number of hydrogen-bond acceptors (Lipinski definition) is 5. The van der Waals surface area contributed by atoms with E-state index in [1.807, 2.05) is 12.1 Å². The number of nitriles is 2. The lowest BCUT2D eigenvalue weighted by atomic mass is 10.1. The maximum Gasteiger partial charge on any atom is 0.229 e. The van der Waals surface area contributed by atoms with Gasteiger partial charge in [-0.1, -0.05) is 0 Å². The summed E-state index contributed by atoms with van der Waals surface area (Å²) >= 11 is 0. The number of halogens is 2. The van der Waals surface area contributed by atoms with Gasteiger partial charge in [0.1, 0.15) is 35.2 Å². The van der Waals surface area contributed by atoms with Crippen LogP contribution in [0, 0.1) is 34.3 Å². The van der Waals surface area contributed by atoms with Crippen LogP contribution in [-0.2, 0) is 24.1 Å². The average molecular weight is 509 g/mol. The first-order valence-electron chi connectivity index (χ1n) is 10.4. The number of nitrogens with zero attached hydrogens (tertiary/aromatic N) is 4. The highest BCUT2D eigenvalue weighted by molar-refractivity contribution is 7.92. The third-order valence-corrected chi connectivity index (χ3v) is 5.90. The van der Waals surface area contributed by atoms with E-state index in [1.165, 1.54) is 18.2 Å². The maximum absolute atomic E-state index is 14.1. The molecular formula is C25H22F2N6O2S. The summed E-state index contributed by atoms with van der Waals surface area (Å²) in [7, 11) is -0.0558. The Morgan fingerprint density at radius 3 is 1.67 bits per heavy atom.